The molecule has 0 aromatic heterocycles. The molecule has 2 N–H and O–H groups in total. The number of halogens is 1. The van der Waals surface area contributed by atoms with E-state index >= 15 is 0 Å². The lowest BCUT2D eigenvalue weighted by molar-refractivity contribution is -0.123. The molecule has 6 nitrogen and oxygen atoms in total. The van der Waals surface area contributed by atoms with Crippen LogP contribution in [0, 0.1) is 5.92 Å². The van der Waals surface area contributed by atoms with Crippen molar-refractivity contribution in [3.63, 3.8) is 0 Å². The second-order valence-corrected chi connectivity index (χ2v) is 7.15. The van der Waals surface area contributed by atoms with Crippen molar-refractivity contribution in [3.8, 4) is 0 Å². The Morgan fingerprint density at radius 2 is 1.81 bits per heavy atom. The van der Waals surface area contributed by atoms with Gasteiger partial charge >= 0.3 is 6.03 Å². The van der Waals surface area contributed by atoms with Crippen LogP contribution >= 0.6 is 12.4 Å². The van der Waals surface area contributed by atoms with E-state index in [0.29, 0.717) is 13.1 Å². The summed E-state index contributed by atoms with van der Waals surface area (Å²) in [5.41, 5.74) is 8.95. The van der Waals surface area contributed by atoms with Crippen LogP contribution in [0.4, 0.5) is 16.2 Å². The van der Waals surface area contributed by atoms with Crippen LogP contribution in [0.25, 0.3) is 0 Å². The molecule has 0 radical (unpaired) electrons. The third-order valence-electron chi connectivity index (χ3n) is 5.70. The van der Waals surface area contributed by atoms with Crippen LogP contribution in [0.3, 0.4) is 0 Å². The fourth-order valence-corrected chi connectivity index (χ4v) is 4.11. The van der Waals surface area contributed by atoms with Gasteiger partial charge in [-0.15, -0.1) is 12.4 Å². The number of fused-ring (bicyclic) bond motifs is 1. The molecule has 0 atom stereocenters. The van der Waals surface area contributed by atoms with E-state index in [9.17, 15) is 9.59 Å². The molecule has 0 bridgehead atoms. The molecule has 3 rings (SSSR count). The number of amides is 3. The van der Waals surface area contributed by atoms with Crippen molar-refractivity contribution in [2.45, 2.75) is 39.5 Å². The number of carbonyl (C=O) groups excluding carboxylic acids is 2. The smallest absolute Gasteiger partial charge is 0.319 e. The number of rotatable bonds is 3. The molecule has 0 aliphatic carbocycles. The van der Waals surface area contributed by atoms with E-state index < -0.39 is 0 Å². The largest absolute Gasteiger partial charge is 0.398 e. The van der Waals surface area contributed by atoms with Crippen LogP contribution in [-0.2, 0) is 11.2 Å². The summed E-state index contributed by atoms with van der Waals surface area (Å²) in [7, 11) is 0. The molecule has 2 aliphatic rings. The van der Waals surface area contributed by atoms with Crippen molar-refractivity contribution in [2.24, 2.45) is 5.92 Å². The Balaban J connectivity index is 0.00000261. The standard InChI is InChI=1S/C20H30N4O2.ClH/c1-3-22(4-2)20(26)23-13-10-15(11-14-23)19(25)24-12-6-7-16-17(21)8-5-9-18(16)24;/h5,8-9,15H,3-4,6-7,10-14,21H2,1-2H3;1H. The molecule has 3 amide bonds. The molecule has 1 aromatic carbocycles. The number of urea groups is 1. The molecule has 7 heteroatoms. The van der Waals surface area contributed by atoms with Gasteiger partial charge in [-0.1, -0.05) is 6.07 Å². The summed E-state index contributed by atoms with van der Waals surface area (Å²) in [6, 6.07) is 5.92. The van der Waals surface area contributed by atoms with E-state index in [0.717, 1.165) is 62.3 Å². The minimum Gasteiger partial charge on any atom is -0.398 e. The highest BCUT2D eigenvalue weighted by molar-refractivity contribution is 5.97. The van der Waals surface area contributed by atoms with Crippen molar-refractivity contribution in [1.29, 1.82) is 0 Å². The van der Waals surface area contributed by atoms with Gasteiger partial charge in [0.05, 0.1) is 0 Å². The van der Waals surface area contributed by atoms with E-state index in [1.165, 1.54) is 0 Å². The molecule has 27 heavy (non-hydrogen) atoms. The summed E-state index contributed by atoms with van der Waals surface area (Å²) in [4.78, 5) is 31.2. The van der Waals surface area contributed by atoms with Crippen molar-refractivity contribution < 1.29 is 9.59 Å². The van der Waals surface area contributed by atoms with E-state index in [1.807, 2.05) is 46.7 Å². The topological polar surface area (TPSA) is 69.9 Å². The van der Waals surface area contributed by atoms with Crippen LogP contribution in [0.2, 0.25) is 0 Å². The van der Waals surface area contributed by atoms with E-state index in [1.54, 1.807) is 0 Å². The lowest BCUT2D eigenvalue weighted by atomic mass is 9.92. The Hall–Kier alpha value is -1.95. The molecule has 1 saturated heterocycles. The van der Waals surface area contributed by atoms with Gasteiger partial charge in [0.2, 0.25) is 5.91 Å². The van der Waals surface area contributed by atoms with E-state index in [-0.39, 0.29) is 30.3 Å². The molecule has 1 fully saturated rings. The van der Waals surface area contributed by atoms with E-state index in [2.05, 4.69) is 0 Å². The van der Waals surface area contributed by atoms with Gasteiger partial charge < -0.3 is 20.4 Å². The number of nitrogens with two attached hydrogens (primary N) is 1. The maximum absolute atomic E-state index is 13.1. The van der Waals surface area contributed by atoms with Gasteiger partial charge in [0.15, 0.2) is 0 Å². The van der Waals surface area contributed by atoms with Crippen molar-refractivity contribution >= 4 is 35.7 Å². The van der Waals surface area contributed by atoms with Gasteiger partial charge in [0.1, 0.15) is 0 Å². The van der Waals surface area contributed by atoms with Gasteiger partial charge in [0, 0.05) is 50.0 Å². The average molecular weight is 395 g/mol. The van der Waals surface area contributed by atoms with Gasteiger partial charge in [0.25, 0.3) is 0 Å². The quantitative estimate of drug-likeness (QED) is 0.800. The molecular formula is C20H31ClN4O2. The average Bonchev–Trinajstić information content (AvgIpc) is 2.68. The van der Waals surface area contributed by atoms with Crippen LogP contribution in [-0.4, -0.2) is 54.5 Å². The number of benzene rings is 1. The molecule has 0 unspecified atom stereocenters. The number of hydrogen-bond donors (Lipinski definition) is 1. The SMILES string of the molecule is CCN(CC)C(=O)N1CCC(C(=O)N2CCCc3c(N)cccc32)CC1.Cl. The van der Waals surface area contributed by atoms with Crippen LogP contribution in [0.1, 0.15) is 38.7 Å². The number of anilines is 2. The number of nitrogen functional groups attached to an aromatic ring is 1. The molecule has 2 heterocycles. The molecule has 0 spiro atoms. The Labute approximate surface area is 168 Å². The summed E-state index contributed by atoms with van der Waals surface area (Å²) in [6.07, 6.45) is 3.36. The molecule has 2 aliphatic heterocycles. The van der Waals surface area contributed by atoms with Crippen molar-refractivity contribution in [3.05, 3.63) is 23.8 Å². The first-order valence-corrected chi connectivity index (χ1v) is 9.79. The summed E-state index contributed by atoms with van der Waals surface area (Å²) >= 11 is 0. The van der Waals surface area contributed by atoms with Crippen LogP contribution in [0.5, 0.6) is 0 Å². The first kappa shape index (κ1) is 21.4. The fourth-order valence-electron chi connectivity index (χ4n) is 4.11. The molecular weight excluding hydrogens is 364 g/mol. The predicted octanol–water partition coefficient (Wildman–Crippen LogP) is 3.14. The minimum atomic E-state index is -0.0110. The Bertz CT molecular complexity index is 670. The summed E-state index contributed by atoms with van der Waals surface area (Å²) in [5, 5.41) is 0. The zero-order valence-electron chi connectivity index (χ0n) is 16.3. The maximum Gasteiger partial charge on any atom is 0.319 e. The van der Waals surface area contributed by atoms with Crippen molar-refractivity contribution in [1.82, 2.24) is 9.80 Å². The van der Waals surface area contributed by atoms with Gasteiger partial charge in [-0.2, -0.15) is 0 Å². The second kappa shape index (κ2) is 9.31. The van der Waals surface area contributed by atoms with Gasteiger partial charge in [-0.3, -0.25) is 4.79 Å². The lowest BCUT2D eigenvalue weighted by Crippen LogP contribution is -2.49. The second-order valence-electron chi connectivity index (χ2n) is 7.15. The Kier molecular flexibility index (Phi) is 7.36. The fraction of sp³-hybridized carbons (Fsp3) is 0.600. The highest BCUT2D eigenvalue weighted by Gasteiger charge is 2.33. The third-order valence-corrected chi connectivity index (χ3v) is 5.70. The Morgan fingerprint density at radius 3 is 2.44 bits per heavy atom. The first-order valence-electron chi connectivity index (χ1n) is 9.79. The summed E-state index contributed by atoms with van der Waals surface area (Å²) in [6.45, 7) is 7.51. The minimum absolute atomic E-state index is 0. The third kappa shape index (κ3) is 4.32. The highest BCUT2D eigenvalue weighted by Crippen LogP contribution is 2.33. The first-order chi connectivity index (χ1) is 12.6. The van der Waals surface area contributed by atoms with Crippen LogP contribution in [0.15, 0.2) is 18.2 Å². The number of nitrogens with zero attached hydrogens (tertiary/aromatic N) is 3. The number of hydrogen-bond acceptors (Lipinski definition) is 3. The van der Waals surface area contributed by atoms with Crippen molar-refractivity contribution in [2.75, 3.05) is 43.4 Å². The summed E-state index contributed by atoms with van der Waals surface area (Å²) < 4.78 is 0. The lowest BCUT2D eigenvalue weighted by Gasteiger charge is -2.38. The maximum atomic E-state index is 13.1. The monoisotopic (exact) mass is 394 g/mol. The summed E-state index contributed by atoms with van der Waals surface area (Å²) in [5.74, 6) is 0.176. The highest BCUT2D eigenvalue weighted by atomic mass is 35.5. The number of carbonyl (C=O) groups is 2. The van der Waals surface area contributed by atoms with Crippen LogP contribution < -0.4 is 10.6 Å². The Morgan fingerprint density at radius 1 is 1.15 bits per heavy atom. The number of likely N-dealkylation sites (tertiary alicyclic amines) is 1. The zero-order valence-corrected chi connectivity index (χ0v) is 17.1. The molecule has 150 valence electrons. The zero-order chi connectivity index (χ0) is 18.7. The predicted molar refractivity (Wildman–Crippen MR) is 111 cm³/mol. The normalized spacial score (nSPS) is 17.1. The number of piperidine rings is 1. The van der Waals surface area contributed by atoms with E-state index in [4.69, 9.17) is 5.73 Å². The van der Waals surface area contributed by atoms with Gasteiger partial charge in [-0.05, 0) is 57.2 Å². The van der Waals surface area contributed by atoms with Gasteiger partial charge in [-0.25, -0.2) is 4.79 Å². The molecule has 0 saturated carbocycles. The molecule has 1 aromatic rings.